The molecule has 3 aliphatic rings. The van der Waals surface area contributed by atoms with Gasteiger partial charge in [0.2, 0.25) is 0 Å². The molecule has 0 aromatic rings. The minimum atomic E-state index is 0.798. The number of rotatable bonds is 1. The molecule has 3 rings (SSSR count). The predicted molar refractivity (Wildman–Crippen MR) is 71.1 cm³/mol. The number of hydrogen-bond acceptors (Lipinski definition) is 3. The number of thioether (sulfide) groups is 1. The van der Waals surface area contributed by atoms with Gasteiger partial charge in [-0.25, -0.2) is 0 Å². The Labute approximate surface area is 104 Å². The molecule has 16 heavy (non-hydrogen) atoms. The molecule has 1 N–H and O–H groups in total. The maximum atomic E-state index is 3.79. The highest BCUT2D eigenvalue weighted by Crippen LogP contribution is 2.31. The standard InChI is InChI=1S/C13H24N2S/c1-10-13(3-2-8-16-10)15-7-6-11-4-5-12(9-15)14-11/h10-14H,2-9H2,1H3. The average molecular weight is 240 g/mol. The maximum absolute atomic E-state index is 3.79. The van der Waals surface area contributed by atoms with Gasteiger partial charge >= 0.3 is 0 Å². The Morgan fingerprint density at radius 2 is 2.00 bits per heavy atom. The van der Waals surface area contributed by atoms with Gasteiger partial charge in [0, 0.05) is 36.5 Å². The van der Waals surface area contributed by atoms with E-state index in [1.807, 2.05) is 0 Å². The summed E-state index contributed by atoms with van der Waals surface area (Å²) in [5.41, 5.74) is 0. The quantitative estimate of drug-likeness (QED) is 0.755. The topological polar surface area (TPSA) is 15.3 Å². The van der Waals surface area contributed by atoms with Crippen molar-refractivity contribution in [1.82, 2.24) is 10.2 Å². The summed E-state index contributed by atoms with van der Waals surface area (Å²) in [4.78, 5) is 2.80. The van der Waals surface area contributed by atoms with Gasteiger partial charge in [-0.15, -0.1) is 0 Å². The second-order valence-electron chi connectivity index (χ2n) is 5.71. The van der Waals surface area contributed by atoms with Crippen LogP contribution in [-0.2, 0) is 0 Å². The van der Waals surface area contributed by atoms with E-state index < -0.39 is 0 Å². The largest absolute Gasteiger partial charge is 0.310 e. The minimum absolute atomic E-state index is 0.798. The summed E-state index contributed by atoms with van der Waals surface area (Å²) in [6.07, 6.45) is 7.08. The number of hydrogen-bond donors (Lipinski definition) is 1. The van der Waals surface area contributed by atoms with Gasteiger partial charge in [-0.05, 0) is 37.9 Å². The van der Waals surface area contributed by atoms with Gasteiger partial charge in [0.1, 0.15) is 0 Å². The SMILES string of the molecule is CC1SCCCC1N1CCC2CCC(C1)N2. The molecule has 3 aliphatic heterocycles. The van der Waals surface area contributed by atoms with E-state index in [4.69, 9.17) is 0 Å². The molecule has 4 atom stereocenters. The van der Waals surface area contributed by atoms with Crippen molar-refractivity contribution in [2.75, 3.05) is 18.8 Å². The van der Waals surface area contributed by atoms with Crippen molar-refractivity contribution in [2.24, 2.45) is 0 Å². The van der Waals surface area contributed by atoms with E-state index in [0.29, 0.717) is 0 Å². The van der Waals surface area contributed by atoms with E-state index in [9.17, 15) is 0 Å². The lowest BCUT2D eigenvalue weighted by Gasteiger charge is -2.39. The fourth-order valence-corrected chi connectivity index (χ4v) is 4.89. The summed E-state index contributed by atoms with van der Waals surface area (Å²) in [6.45, 7) is 5.08. The van der Waals surface area contributed by atoms with Crippen LogP contribution in [0.5, 0.6) is 0 Å². The molecule has 0 radical (unpaired) electrons. The predicted octanol–water partition coefficient (Wildman–Crippen LogP) is 2.10. The Balaban J connectivity index is 1.65. The summed E-state index contributed by atoms with van der Waals surface area (Å²) in [5.74, 6) is 1.38. The molecule has 92 valence electrons. The van der Waals surface area contributed by atoms with Crippen molar-refractivity contribution in [3.8, 4) is 0 Å². The van der Waals surface area contributed by atoms with Gasteiger partial charge in [-0.3, -0.25) is 4.90 Å². The van der Waals surface area contributed by atoms with Crippen LogP contribution in [0.3, 0.4) is 0 Å². The Morgan fingerprint density at radius 1 is 1.12 bits per heavy atom. The van der Waals surface area contributed by atoms with Crippen molar-refractivity contribution in [1.29, 1.82) is 0 Å². The summed E-state index contributed by atoms with van der Waals surface area (Å²) < 4.78 is 0. The van der Waals surface area contributed by atoms with E-state index in [1.165, 1.54) is 50.9 Å². The lowest BCUT2D eigenvalue weighted by Crippen LogP contribution is -2.47. The fourth-order valence-electron chi connectivity index (χ4n) is 3.66. The Morgan fingerprint density at radius 3 is 2.88 bits per heavy atom. The van der Waals surface area contributed by atoms with Crippen LogP contribution in [0, 0.1) is 0 Å². The van der Waals surface area contributed by atoms with Gasteiger partial charge < -0.3 is 5.32 Å². The molecule has 3 fully saturated rings. The molecule has 2 nitrogen and oxygen atoms in total. The molecule has 0 amide bonds. The third-order valence-corrected chi connectivity index (χ3v) is 5.95. The molecule has 3 heteroatoms. The number of nitrogens with zero attached hydrogens (tertiary/aromatic N) is 1. The summed E-state index contributed by atoms with van der Waals surface area (Å²) in [7, 11) is 0. The second-order valence-corrected chi connectivity index (χ2v) is 7.19. The van der Waals surface area contributed by atoms with Crippen molar-refractivity contribution in [3.05, 3.63) is 0 Å². The fraction of sp³-hybridized carbons (Fsp3) is 1.00. The summed E-state index contributed by atoms with van der Waals surface area (Å²) >= 11 is 2.18. The molecule has 0 saturated carbocycles. The molecule has 0 spiro atoms. The van der Waals surface area contributed by atoms with Crippen LogP contribution in [0.25, 0.3) is 0 Å². The van der Waals surface area contributed by atoms with Crippen LogP contribution in [0.1, 0.15) is 39.0 Å². The van der Waals surface area contributed by atoms with Gasteiger partial charge in [0.25, 0.3) is 0 Å². The van der Waals surface area contributed by atoms with Gasteiger partial charge in [0.15, 0.2) is 0 Å². The zero-order chi connectivity index (χ0) is 11.0. The molecule has 4 unspecified atom stereocenters. The zero-order valence-corrected chi connectivity index (χ0v) is 11.1. The van der Waals surface area contributed by atoms with Crippen molar-refractivity contribution >= 4 is 11.8 Å². The van der Waals surface area contributed by atoms with Gasteiger partial charge in [-0.2, -0.15) is 11.8 Å². The maximum Gasteiger partial charge on any atom is 0.0212 e. The van der Waals surface area contributed by atoms with Crippen LogP contribution in [0.15, 0.2) is 0 Å². The normalized spacial score (nSPS) is 45.6. The highest BCUT2D eigenvalue weighted by Gasteiger charge is 2.34. The number of likely N-dealkylation sites (tertiary alicyclic amines) is 1. The monoisotopic (exact) mass is 240 g/mol. The highest BCUT2D eigenvalue weighted by atomic mass is 32.2. The van der Waals surface area contributed by atoms with Crippen LogP contribution >= 0.6 is 11.8 Å². The summed E-state index contributed by atoms with van der Waals surface area (Å²) in [5, 5.41) is 4.64. The third kappa shape index (κ3) is 2.27. The first-order chi connectivity index (χ1) is 7.83. The Bertz CT molecular complexity index is 246. The number of nitrogens with one attached hydrogen (secondary N) is 1. The van der Waals surface area contributed by atoms with Gasteiger partial charge in [0.05, 0.1) is 0 Å². The molecule has 0 aliphatic carbocycles. The van der Waals surface area contributed by atoms with Crippen LogP contribution in [-0.4, -0.2) is 47.1 Å². The van der Waals surface area contributed by atoms with E-state index in [-0.39, 0.29) is 0 Å². The van der Waals surface area contributed by atoms with Crippen molar-refractivity contribution in [2.45, 2.75) is 62.4 Å². The van der Waals surface area contributed by atoms with E-state index in [1.54, 1.807) is 0 Å². The molecule has 0 aromatic carbocycles. The molecular weight excluding hydrogens is 216 g/mol. The third-order valence-electron chi connectivity index (χ3n) is 4.59. The second kappa shape index (κ2) is 4.87. The van der Waals surface area contributed by atoms with Gasteiger partial charge in [-0.1, -0.05) is 6.92 Å². The van der Waals surface area contributed by atoms with E-state index in [0.717, 1.165) is 23.4 Å². The molecule has 3 saturated heterocycles. The molecular formula is C13H24N2S. The lowest BCUT2D eigenvalue weighted by atomic mass is 10.0. The van der Waals surface area contributed by atoms with Crippen molar-refractivity contribution < 1.29 is 0 Å². The van der Waals surface area contributed by atoms with Crippen LogP contribution in [0.2, 0.25) is 0 Å². The summed E-state index contributed by atoms with van der Waals surface area (Å²) in [6, 6.07) is 2.49. The smallest absolute Gasteiger partial charge is 0.0212 e. The Hall–Kier alpha value is 0.270. The van der Waals surface area contributed by atoms with E-state index >= 15 is 0 Å². The Kier molecular flexibility index (Phi) is 3.46. The van der Waals surface area contributed by atoms with Crippen molar-refractivity contribution in [3.63, 3.8) is 0 Å². The van der Waals surface area contributed by atoms with Crippen LogP contribution < -0.4 is 5.32 Å². The minimum Gasteiger partial charge on any atom is -0.310 e. The number of fused-ring (bicyclic) bond motifs is 2. The molecule has 2 bridgehead atoms. The first-order valence-electron chi connectivity index (χ1n) is 6.94. The highest BCUT2D eigenvalue weighted by molar-refractivity contribution is 7.99. The molecule has 0 aromatic heterocycles. The first-order valence-corrected chi connectivity index (χ1v) is 7.99. The van der Waals surface area contributed by atoms with Crippen LogP contribution in [0.4, 0.5) is 0 Å². The zero-order valence-electron chi connectivity index (χ0n) is 10.3. The lowest BCUT2D eigenvalue weighted by molar-refractivity contribution is 0.173. The average Bonchev–Trinajstić information content (AvgIpc) is 2.60. The first kappa shape index (κ1) is 11.4. The van der Waals surface area contributed by atoms with E-state index in [2.05, 4.69) is 28.9 Å². The molecule has 3 heterocycles.